The second-order valence-corrected chi connectivity index (χ2v) is 9.43. The molecule has 0 spiro atoms. The zero-order chi connectivity index (χ0) is 23.6. The lowest BCUT2D eigenvalue weighted by molar-refractivity contribution is 0.0734. The molecule has 0 aliphatic heterocycles. The molecular formula is C31H38O2. The van der Waals surface area contributed by atoms with Gasteiger partial charge in [0.05, 0.1) is 5.56 Å². The highest BCUT2D eigenvalue weighted by molar-refractivity contribution is 5.91. The topological polar surface area (TPSA) is 26.3 Å². The average molecular weight is 443 g/mol. The van der Waals surface area contributed by atoms with E-state index in [0.717, 1.165) is 36.3 Å². The molecule has 0 fully saturated rings. The molecule has 0 heterocycles. The summed E-state index contributed by atoms with van der Waals surface area (Å²) in [7, 11) is 0. The summed E-state index contributed by atoms with van der Waals surface area (Å²) in [5.41, 5.74) is 5.49. The number of hydrogen-bond acceptors (Lipinski definition) is 2. The van der Waals surface area contributed by atoms with Crippen LogP contribution in [0, 0.1) is 11.8 Å². The third kappa shape index (κ3) is 7.60. The molecule has 33 heavy (non-hydrogen) atoms. The maximum atomic E-state index is 12.6. The van der Waals surface area contributed by atoms with Crippen molar-refractivity contribution in [1.82, 2.24) is 0 Å². The van der Waals surface area contributed by atoms with E-state index in [1.165, 1.54) is 30.4 Å². The number of rotatable bonds is 11. The van der Waals surface area contributed by atoms with E-state index in [-0.39, 0.29) is 5.97 Å². The van der Waals surface area contributed by atoms with Crippen molar-refractivity contribution in [2.45, 2.75) is 66.2 Å². The normalized spacial score (nSPS) is 12.8. The summed E-state index contributed by atoms with van der Waals surface area (Å²) in [4.78, 5) is 12.6. The molecule has 0 aliphatic rings. The Kier molecular flexibility index (Phi) is 9.30. The Balaban J connectivity index is 1.55. The van der Waals surface area contributed by atoms with Gasteiger partial charge in [-0.3, -0.25) is 0 Å². The van der Waals surface area contributed by atoms with Gasteiger partial charge in [-0.15, -0.1) is 0 Å². The quantitative estimate of drug-likeness (QED) is 0.220. The van der Waals surface area contributed by atoms with Crippen LogP contribution < -0.4 is 4.74 Å². The highest BCUT2D eigenvalue weighted by atomic mass is 16.5. The molecule has 3 rings (SSSR count). The third-order valence-electron chi connectivity index (χ3n) is 6.68. The number of aryl methyl sites for hydroxylation is 1. The molecule has 2 atom stereocenters. The van der Waals surface area contributed by atoms with Crippen molar-refractivity contribution in [1.29, 1.82) is 0 Å². The van der Waals surface area contributed by atoms with E-state index >= 15 is 0 Å². The number of benzene rings is 3. The minimum absolute atomic E-state index is 0.326. The minimum atomic E-state index is -0.326. The van der Waals surface area contributed by atoms with Gasteiger partial charge < -0.3 is 4.74 Å². The van der Waals surface area contributed by atoms with Crippen LogP contribution in [0.15, 0.2) is 72.8 Å². The molecule has 0 radical (unpaired) electrons. The highest BCUT2D eigenvalue weighted by Gasteiger charge is 2.10. The number of ether oxygens (including phenoxy) is 1. The van der Waals surface area contributed by atoms with Crippen LogP contribution >= 0.6 is 0 Å². The van der Waals surface area contributed by atoms with Crippen molar-refractivity contribution in [2.75, 3.05) is 0 Å². The highest BCUT2D eigenvalue weighted by Crippen LogP contribution is 2.23. The van der Waals surface area contributed by atoms with Crippen molar-refractivity contribution < 1.29 is 9.53 Å². The summed E-state index contributed by atoms with van der Waals surface area (Å²) in [5, 5.41) is 0. The SMILES string of the molecule is CCC(C)CCCc1ccc(-c2ccc(C(=O)Oc3ccc(CC(C)CC)cc3)cc2)cc1. The van der Waals surface area contributed by atoms with Gasteiger partial charge in [0, 0.05) is 0 Å². The second-order valence-electron chi connectivity index (χ2n) is 9.43. The average Bonchev–Trinajstić information content (AvgIpc) is 2.85. The fourth-order valence-corrected chi connectivity index (χ4v) is 3.93. The molecule has 2 heteroatoms. The van der Waals surface area contributed by atoms with E-state index in [4.69, 9.17) is 4.74 Å². The van der Waals surface area contributed by atoms with Gasteiger partial charge in [0.25, 0.3) is 0 Å². The lowest BCUT2D eigenvalue weighted by Gasteiger charge is -2.10. The summed E-state index contributed by atoms with van der Waals surface area (Å²) in [6, 6.07) is 24.3. The number of esters is 1. The Morgan fingerprint density at radius 1 is 0.727 bits per heavy atom. The van der Waals surface area contributed by atoms with Crippen LogP contribution in [-0.4, -0.2) is 5.97 Å². The van der Waals surface area contributed by atoms with Gasteiger partial charge >= 0.3 is 5.97 Å². The molecule has 0 amide bonds. The summed E-state index contributed by atoms with van der Waals surface area (Å²) < 4.78 is 5.57. The maximum absolute atomic E-state index is 12.6. The van der Waals surface area contributed by atoms with Gasteiger partial charge in [0.1, 0.15) is 5.75 Å². The Hall–Kier alpha value is -2.87. The van der Waals surface area contributed by atoms with Gasteiger partial charge in [-0.25, -0.2) is 4.79 Å². The summed E-state index contributed by atoms with van der Waals surface area (Å²) in [5.74, 6) is 1.72. The molecule has 3 aromatic rings. The standard InChI is InChI=1S/C31H38O2/c1-5-23(3)8-7-9-25-10-14-27(15-11-25)28-16-18-29(19-17-28)31(32)33-30-20-12-26(13-21-30)22-24(4)6-2/h10-21,23-24H,5-9,22H2,1-4H3. The Morgan fingerprint density at radius 3 is 1.85 bits per heavy atom. The molecular weight excluding hydrogens is 404 g/mol. The molecule has 0 N–H and O–H groups in total. The maximum Gasteiger partial charge on any atom is 0.343 e. The molecule has 0 saturated heterocycles. The van der Waals surface area contributed by atoms with E-state index in [1.807, 2.05) is 48.5 Å². The Morgan fingerprint density at radius 2 is 1.27 bits per heavy atom. The zero-order valence-electron chi connectivity index (χ0n) is 20.6. The van der Waals surface area contributed by atoms with E-state index in [0.29, 0.717) is 17.2 Å². The van der Waals surface area contributed by atoms with Crippen LogP contribution in [0.5, 0.6) is 5.75 Å². The predicted octanol–water partition coefficient (Wildman–Crippen LogP) is 8.53. The lowest BCUT2D eigenvalue weighted by atomic mass is 9.97. The van der Waals surface area contributed by atoms with Crippen LogP contribution in [0.2, 0.25) is 0 Å². The van der Waals surface area contributed by atoms with E-state index in [9.17, 15) is 4.79 Å². The van der Waals surface area contributed by atoms with E-state index < -0.39 is 0 Å². The molecule has 2 unspecified atom stereocenters. The van der Waals surface area contributed by atoms with Crippen LogP contribution in [0.3, 0.4) is 0 Å². The molecule has 0 bridgehead atoms. The van der Waals surface area contributed by atoms with Gasteiger partial charge in [-0.2, -0.15) is 0 Å². The lowest BCUT2D eigenvalue weighted by Crippen LogP contribution is -2.08. The zero-order valence-corrected chi connectivity index (χ0v) is 20.6. The third-order valence-corrected chi connectivity index (χ3v) is 6.68. The smallest absolute Gasteiger partial charge is 0.343 e. The molecule has 0 aromatic heterocycles. The minimum Gasteiger partial charge on any atom is -0.423 e. The van der Waals surface area contributed by atoms with Crippen molar-refractivity contribution in [2.24, 2.45) is 11.8 Å². The van der Waals surface area contributed by atoms with Crippen molar-refractivity contribution in [3.05, 3.63) is 89.5 Å². The van der Waals surface area contributed by atoms with Crippen molar-refractivity contribution >= 4 is 5.97 Å². The van der Waals surface area contributed by atoms with E-state index in [1.54, 1.807) is 0 Å². The monoisotopic (exact) mass is 442 g/mol. The Labute approximate surface area is 200 Å². The molecule has 174 valence electrons. The predicted molar refractivity (Wildman–Crippen MR) is 139 cm³/mol. The molecule has 2 nitrogen and oxygen atoms in total. The first-order valence-electron chi connectivity index (χ1n) is 12.5. The molecule has 0 saturated carbocycles. The van der Waals surface area contributed by atoms with Crippen molar-refractivity contribution in [3.63, 3.8) is 0 Å². The van der Waals surface area contributed by atoms with Crippen LogP contribution in [0.1, 0.15) is 74.9 Å². The largest absolute Gasteiger partial charge is 0.423 e. The first-order chi connectivity index (χ1) is 16.0. The van der Waals surface area contributed by atoms with Gasteiger partial charge in [0.15, 0.2) is 0 Å². The first-order valence-corrected chi connectivity index (χ1v) is 12.5. The number of carbonyl (C=O) groups is 1. The van der Waals surface area contributed by atoms with Crippen LogP contribution in [-0.2, 0) is 12.8 Å². The first kappa shape index (κ1) is 24.8. The van der Waals surface area contributed by atoms with Gasteiger partial charge in [0.2, 0.25) is 0 Å². The number of hydrogen-bond donors (Lipinski definition) is 0. The van der Waals surface area contributed by atoms with Gasteiger partial charge in [-0.05, 0) is 77.6 Å². The fourth-order valence-electron chi connectivity index (χ4n) is 3.93. The second kappa shape index (κ2) is 12.4. The number of carbonyl (C=O) groups excluding carboxylic acids is 1. The molecule has 0 aliphatic carbocycles. The van der Waals surface area contributed by atoms with Crippen LogP contribution in [0.4, 0.5) is 0 Å². The Bertz CT molecular complexity index is 985. The summed E-state index contributed by atoms with van der Waals surface area (Å²) in [6.07, 6.45) is 7.13. The van der Waals surface area contributed by atoms with Crippen LogP contribution in [0.25, 0.3) is 11.1 Å². The fraction of sp³-hybridized carbons (Fsp3) is 0.387. The van der Waals surface area contributed by atoms with Crippen molar-refractivity contribution in [3.8, 4) is 16.9 Å². The van der Waals surface area contributed by atoms with Gasteiger partial charge in [-0.1, -0.05) is 95.5 Å². The molecule has 3 aromatic carbocycles. The summed E-state index contributed by atoms with van der Waals surface area (Å²) >= 11 is 0. The summed E-state index contributed by atoms with van der Waals surface area (Å²) in [6.45, 7) is 9.04. The van der Waals surface area contributed by atoms with E-state index in [2.05, 4.69) is 52.0 Å².